The van der Waals surface area contributed by atoms with Crippen molar-refractivity contribution in [3.63, 3.8) is 0 Å². The number of nitrogens with one attached hydrogen (secondary N) is 2. The molecule has 1 heterocycles. The molecular weight excluding hydrogens is 362 g/mol. The largest absolute Gasteiger partial charge is 0.494 e. The molecule has 3 rings (SSSR count). The van der Waals surface area contributed by atoms with E-state index in [9.17, 15) is 0 Å². The lowest BCUT2D eigenvalue weighted by molar-refractivity contribution is 0.131. The molecule has 0 spiro atoms. The fourth-order valence-electron chi connectivity index (χ4n) is 2.76. The quantitative estimate of drug-likeness (QED) is 0.639. The Bertz CT molecular complexity index is 702. The van der Waals surface area contributed by atoms with Crippen LogP contribution in [0.3, 0.4) is 0 Å². The molecule has 0 saturated heterocycles. The molecule has 0 saturated carbocycles. The number of rotatable bonds is 9. The van der Waals surface area contributed by atoms with E-state index >= 15 is 0 Å². The van der Waals surface area contributed by atoms with Gasteiger partial charge >= 0.3 is 0 Å². The fourth-order valence-corrected chi connectivity index (χ4v) is 2.76. The molecule has 2 aromatic rings. The van der Waals surface area contributed by atoms with E-state index in [2.05, 4.69) is 52.0 Å². The number of halogens is 1. The van der Waals surface area contributed by atoms with Crippen molar-refractivity contribution in [3.8, 4) is 5.75 Å². The number of benzene rings is 2. The Kier molecular flexibility index (Phi) is 8.95. The van der Waals surface area contributed by atoms with Crippen molar-refractivity contribution in [2.75, 3.05) is 38.2 Å². The summed E-state index contributed by atoms with van der Waals surface area (Å²) in [5.41, 5.74) is 3.61. The Morgan fingerprint density at radius 2 is 1.70 bits per heavy atom. The first-order chi connectivity index (χ1) is 12.8. The van der Waals surface area contributed by atoms with E-state index in [1.165, 1.54) is 11.1 Å². The number of aliphatic imine (C=N–C) groups is 1. The van der Waals surface area contributed by atoms with Crippen LogP contribution in [0.25, 0.3) is 0 Å². The highest BCUT2D eigenvalue weighted by atomic mass is 35.5. The summed E-state index contributed by atoms with van der Waals surface area (Å²) in [6, 6.07) is 16.8. The highest BCUT2D eigenvalue weighted by molar-refractivity contribution is 5.94. The monoisotopic (exact) mass is 389 g/mol. The second-order valence-corrected chi connectivity index (χ2v) is 6.20. The van der Waals surface area contributed by atoms with Crippen LogP contribution in [0.4, 0.5) is 5.69 Å². The normalized spacial score (nSPS) is 12.7. The minimum atomic E-state index is 0. The van der Waals surface area contributed by atoms with Crippen LogP contribution in [0.5, 0.6) is 5.75 Å². The smallest absolute Gasteiger partial charge is 0.195 e. The van der Waals surface area contributed by atoms with E-state index in [1.807, 2.05) is 19.1 Å². The van der Waals surface area contributed by atoms with Crippen molar-refractivity contribution in [3.05, 3.63) is 59.7 Å². The van der Waals surface area contributed by atoms with Crippen LogP contribution in [0.2, 0.25) is 0 Å². The van der Waals surface area contributed by atoms with Gasteiger partial charge in [0.2, 0.25) is 0 Å². The van der Waals surface area contributed by atoms with Crippen molar-refractivity contribution in [2.24, 2.45) is 4.99 Å². The lowest BCUT2D eigenvalue weighted by atomic mass is 10.0. The van der Waals surface area contributed by atoms with Crippen LogP contribution < -0.4 is 15.4 Å². The van der Waals surface area contributed by atoms with Crippen LogP contribution in [0, 0.1) is 0 Å². The average Bonchev–Trinajstić information content (AvgIpc) is 3.18. The Balaban J connectivity index is 0.00000261. The molecule has 0 atom stereocenters. The summed E-state index contributed by atoms with van der Waals surface area (Å²) in [4.78, 5) is 4.34. The number of hydrogen-bond acceptors (Lipinski definition) is 5. The summed E-state index contributed by atoms with van der Waals surface area (Å²) in [5.74, 6) is 1.77. The number of hydrogen-bond donors (Lipinski definition) is 2. The molecule has 6 heteroatoms. The summed E-state index contributed by atoms with van der Waals surface area (Å²) in [5, 5.41) is 6.49. The summed E-state index contributed by atoms with van der Waals surface area (Å²) in [6.07, 6.45) is 1.82. The maximum Gasteiger partial charge on any atom is 0.195 e. The zero-order chi connectivity index (χ0) is 18.0. The Hall–Kier alpha value is -2.24. The molecule has 0 aromatic heterocycles. The lowest BCUT2D eigenvalue weighted by Crippen LogP contribution is -2.26. The van der Waals surface area contributed by atoms with Crippen molar-refractivity contribution in [1.82, 2.24) is 5.32 Å². The van der Waals surface area contributed by atoms with E-state index in [-0.39, 0.29) is 12.4 Å². The molecule has 2 N–H and O–H groups in total. The van der Waals surface area contributed by atoms with Gasteiger partial charge in [-0.05, 0) is 48.7 Å². The van der Waals surface area contributed by atoms with Crippen LogP contribution in [-0.2, 0) is 11.2 Å². The molecule has 0 unspecified atom stereocenters. The number of ether oxygens (including phenoxy) is 2. The predicted octanol–water partition coefficient (Wildman–Crippen LogP) is 3.88. The highest BCUT2D eigenvalue weighted by Gasteiger charge is 2.05. The summed E-state index contributed by atoms with van der Waals surface area (Å²) in [6.45, 7) is 5.96. The lowest BCUT2D eigenvalue weighted by Gasteiger charge is -2.09. The van der Waals surface area contributed by atoms with Gasteiger partial charge in [-0.15, -0.1) is 12.4 Å². The third kappa shape index (κ3) is 7.12. The number of guanidine groups is 1. The second-order valence-electron chi connectivity index (χ2n) is 6.20. The van der Waals surface area contributed by atoms with E-state index in [0.717, 1.165) is 56.5 Å². The zero-order valence-corrected chi connectivity index (χ0v) is 16.6. The molecule has 0 bridgehead atoms. The van der Waals surface area contributed by atoms with Crippen molar-refractivity contribution < 1.29 is 9.47 Å². The topological polar surface area (TPSA) is 54.9 Å². The number of nitrogens with zero attached hydrogens (tertiary/aromatic N) is 1. The zero-order valence-electron chi connectivity index (χ0n) is 15.7. The van der Waals surface area contributed by atoms with Crippen molar-refractivity contribution >= 4 is 24.1 Å². The SMILES string of the molecule is CCOCCCOc1ccc(Cc2ccc(NC3=NCCN3)cc2)cc1.Cl. The predicted molar refractivity (Wildman–Crippen MR) is 113 cm³/mol. The minimum absolute atomic E-state index is 0. The van der Waals surface area contributed by atoms with Crippen molar-refractivity contribution in [1.29, 1.82) is 0 Å². The summed E-state index contributed by atoms with van der Waals surface area (Å²) < 4.78 is 11.0. The van der Waals surface area contributed by atoms with Gasteiger partial charge in [0.05, 0.1) is 13.2 Å². The average molecular weight is 390 g/mol. The maximum absolute atomic E-state index is 5.73. The van der Waals surface area contributed by atoms with E-state index < -0.39 is 0 Å². The van der Waals surface area contributed by atoms with E-state index in [1.54, 1.807) is 0 Å². The molecule has 1 aliphatic heterocycles. The van der Waals surface area contributed by atoms with Crippen LogP contribution in [0.1, 0.15) is 24.5 Å². The fraction of sp³-hybridized carbons (Fsp3) is 0.381. The Morgan fingerprint density at radius 3 is 2.33 bits per heavy atom. The summed E-state index contributed by atoms with van der Waals surface area (Å²) in [7, 11) is 0. The van der Waals surface area contributed by atoms with Crippen LogP contribution in [0.15, 0.2) is 53.5 Å². The first kappa shape index (κ1) is 21.1. The van der Waals surface area contributed by atoms with Crippen LogP contribution >= 0.6 is 12.4 Å². The van der Waals surface area contributed by atoms with Crippen molar-refractivity contribution in [2.45, 2.75) is 19.8 Å². The molecule has 0 radical (unpaired) electrons. The first-order valence-corrected chi connectivity index (χ1v) is 9.27. The molecule has 1 aliphatic rings. The van der Waals surface area contributed by atoms with Gasteiger partial charge in [0.1, 0.15) is 5.75 Å². The van der Waals surface area contributed by atoms with Gasteiger partial charge in [-0.2, -0.15) is 0 Å². The molecule has 27 heavy (non-hydrogen) atoms. The van der Waals surface area contributed by atoms with Gasteiger partial charge in [-0.25, -0.2) is 0 Å². The Morgan fingerprint density at radius 1 is 1.00 bits per heavy atom. The molecule has 146 valence electrons. The summed E-state index contributed by atoms with van der Waals surface area (Å²) >= 11 is 0. The Labute approximate surface area is 167 Å². The van der Waals surface area contributed by atoms with Gasteiger partial charge in [-0.3, -0.25) is 4.99 Å². The van der Waals surface area contributed by atoms with Gasteiger partial charge in [0.25, 0.3) is 0 Å². The van der Waals surface area contributed by atoms with Gasteiger partial charge in [0, 0.05) is 31.9 Å². The van der Waals surface area contributed by atoms with Crippen LogP contribution in [-0.4, -0.2) is 38.9 Å². The van der Waals surface area contributed by atoms with Gasteiger partial charge in [0.15, 0.2) is 5.96 Å². The third-order valence-electron chi connectivity index (χ3n) is 4.13. The van der Waals surface area contributed by atoms with Gasteiger partial charge in [-0.1, -0.05) is 24.3 Å². The maximum atomic E-state index is 5.73. The third-order valence-corrected chi connectivity index (χ3v) is 4.13. The molecule has 0 aliphatic carbocycles. The van der Waals surface area contributed by atoms with E-state index in [4.69, 9.17) is 9.47 Å². The highest BCUT2D eigenvalue weighted by Crippen LogP contribution is 2.17. The molecule has 5 nitrogen and oxygen atoms in total. The van der Waals surface area contributed by atoms with Gasteiger partial charge < -0.3 is 20.1 Å². The number of anilines is 1. The first-order valence-electron chi connectivity index (χ1n) is 9.27. The minimum Gasteiger partial charge on any atom is -0.494 e. The molecule has 0 amide bonds. The molecule has 0 fully saturated rings. The molecule has 2 aromatic carbocycles. The molecular formula is C21H28ClN3O2. The standard InChI is InChI=1S/C21H27N3O2.ClH/c1-2-25-14-3-15-26-20-10-6-18(7-11-20)16-17-4-8-19(9-5-17)24-21-22-12-13-23-21;/h4-11H,2-3,12-16H2,1H3,(H2,22,23,24);1H. The second kappa shape index (κ2) is 11.5. The van der Waals surface area contributed by atoms with E-state index in [0.29, 0.717) is 6.61 Å².